The Morgan fingerprint density at radius 1 is 1.25 bits per heavy atom. The lowest BCUT2D eigenvalue weighted by Gasteiger charge is -2.05. The number of aromatic nitrogens is 3. The van der Waals surface area contributed by atoms with Gasteiger partial charge >= 0.3 is 0 Å². The lowest BCUT2D eigenvalue weighted by Crippen LogP contribution is -1.91. The van der Waals surface area contributed by atoms with E-state index in [1.165, 1.54) is 0 Å². The Hall–Kier alpha value is -2.39. The van der Waals surface area contributed by atoms with Crippen LogP contribution in [0.3, 0.4) is 0 Å². The molecule has 0 atom stereocenters. The predicted molar refractivity (Wildman–Crippen MR) is 77.4 cm³/mol. The zero-order valence-corrected chi connectivity index (χ0v) is 12.1. The maximum Gasteiger partial charge on any atom is 0.168 e. The standard InChI is InChI=1S/C14H9BrN4O/c1-20-12-3-2-10(7-11(12)15)14-18-17-13-6-9(8-16)4-5-19(13)14/h2-7H,1H3. The van der Waals surface area contributed by atoms with Gasteiger partial charge in [-0.3, -0.25) is 4.40 Å². The normalized spacial score (nSPS) is 10.4. The van der Waals surface area contributed by atoms with E-state index in [1.807, 2.05) is 22.6 Å². The van der Waals surface area contributed by atoms with E-state index in [4.69, 9.17) is 10.00 Å². The molecule has 98 valence electrons. The quantitative estimate of drug-likeness (QED) is 0.725. The molecule has 0 saturated carbocycles. The highest BCUT2D eigenvalue weighted by atomic mass is 79.9. The molecule has 2 heterocycles. The topological polar surface area (TPSA) is 63.2 Å². The second-order valence-electron chi connectivity index (χ2n) is 4.13. The largest absolute Gasteiger partial charge is 0.496 e. The van der Waals surface area contributed by atoms with Gasteiger partial charge in [-0.2, -0.15) is 5.26 Å². The smallest absolute Gasteiger partial charge is 0.168 e. The average Bonchev–Trinajstić information content (AvgIpc) is 2.90. The lowest BCUT2D eigenvalue weighted by molar-refractivity contribution is 0.412. The monoisotopic (exact) mass is 328 g/mol. The number of ether oxygens (including phenoxy) is 1. The van der Waals surface area contributed by atoms with Gasteiger partial charge in [0.25, 0.3) is 0 Å². The van der Waals surface area contributed by atoms with Crippen LogP contribution in [0.4, 0.5) is 0 Å². The van der Waals surface area contributed by atoms with Crippen molar-refractivity contribution in [3.05, 3.63) is 46.6 Å². The summed E-state index contributed by atoms with van der Waals surface area (Å²) in [5.41, 5.74) is 2.12. The Morgan fingerprint density at radius 2 is 2.10 bits per heavy atom. The molecule has 0 fully saturated rings. The van der Waals surface area contributed by atoms with Crippen LogP contribution in [-0.2, 0) is 0 Å². The molecule has 5 nitrogen and oxygen atoms in total. The molecule has 0 N–H and O–H groups in total. The van der Waals surface area contributed by atoms with Crippen molar-refractivity contribution in [2.75, 3.05) is 7.11 Å². The van der Waals surface area contributed by atoms with E-state index < -0.39 is 0 Å². The zero-order chi connectivity index (χ0) is 14.1. The molecule has 0 amide bonds. The highest BCUT2D eigenvalue weighted by Crippen LogP contribution is 2.29. The van der Waals surface area contributed by atoms with Crippen LogP contribution in [0, 0.1) is 11.3 Å². The second kappa shape index (κ2) is 4.94. The van der Waals surface area contributed by atoms with E-state index in [2.05, 4.69) is 32.2 Å². The number of benzene rings is 1. The molecule has 0 aliphatic rings. The fraction of sp³-hybridized carbons (Fsp3) is 0.0714. The van der Waals surface area contributed by atoms with Crippen molar-refractivity contribution < 1.29 is 4.74 Å². The summed E-state index contributed by atoms with van der Waals surface area (Å²) < 4.78 is 7.90. The van der Waals surface area contributed by atoms with E-state index in [9.17, 15) is 0 Å². The Morgan fingerprint density at radius 3 is 2.80 bits per heavy atom. The van der Waals surface area contributed by atoms with Crippen LogP contribution >= 0.6 is 15.9 Å². The number of nitrogens with zero attached hydrogens (tertiary/aromatic N) is 4. The van der Waals surface area contributed by atoms with E-state index in [1.54, 1.807) is 25.4 Å². The van der Waals surface area contributed by atoms with Crippen molar-refractivity contribution in [3.63, 3.8) is 0 Å². The van der Waals surface area contributed by atoms with Gasteiger partial charge in [-0.05, 0) is 40.2 Å². The molecule has 0 bridgehead atoms. The minimum atomic E-state index is 0.562. The first-order chi connectivity index (χ1) is 9.72. The minimum Gasteiger partial charge on any atom is -0.496 e. The molecule has 0 spiro atoms. The van der Waals surface area contributed by atoms with Crippen LogP contribution in [0.5, 0.6) is 5.75 Å². The minimum absolute atomic E-state index is 0.562. The summed E-state index contributed by atoms with van der Waals surface area (Å²) in [6.45, 7) is 0. The number of halogens is 1. The summed E-state index contributed by atoms with van der Waals surface area (Å²) in [6, 6.07) is 11.2. The predicted octanol–water partition coefficient (Wildman–Crippen LogP) is 3.04. The van der Waals surface area contributed by atoms with Crippen LogP contribution in [0.2, 0.25) is 0 Å². The van der Waals surface area contributed by atoms with Crippen LogP contribution in [0.25, 0.3) is 17.0 Å². The maximum atomic E-state index is 8.89. The third-order valence-electron chi connectivity index (χ3n) is 2.95. The van der Waals surface area contributed by atoms with Gasteiger partial charge in [-0.1, -0.05) is 0 Å². The first-order valence-electron chi connectivity index (χ1n) is 5.81. The van der Waals surface area contributed by atoms with Crippen molar-refractivity contribution in [1.82, 2.24) is 14.6 Å². The van der Waals surface area contributed by atoms with Crippen LogP contribution in [0.15, 0.2) is 41.0 Å². The van der Waals surface area contributed by atoms with E-state index in [-0.39, 0.29) is 0 Å². The molecule has 2 aromatic heterocycles. The molecule has 20 heavy (non-hydrogen) atoms. The molecule has 0 unspecified atom stereocenters. The molecule has 0 saturated heterocycles. The fourth-order valence-corrected chi connectivity index (χ4v) is 2.50. The molecule has 3 aromatic rings. The highest BCUT2D eigenvalue weighted by molar-refractivity contribution is 9.10. The van der Waals surface area contributed by atoms with Crippen molar-refractivity contribution in [2.45, 2.75) is 0 Å². The summed E-state index contributed by atoms with van der Waals surface area (Å²) in [6.07, 6.45) is 1.79. The molecule has 0 aliphatic heterocycles. The molecular weight excluding hydrogens is 320 g/mol. The second-order valence-corrected chi connectivity index (χ2v) is 4.98. The molecule has 1 aromatic carbocycles. The zero-order valence-electron chi connectivity index (χ0n) is 10.5. The van der Waals surface area contributed by atoms with Crippen molar-refractivity contribution >= 4 is 21.6 Å². The van der Waals surface area contributed by atoms with Gasteiger partial charge in [0, 0.05) is 17.8 Å². The lowest BCUT2D eigenvalue weighted by atomic mass is 10.2. The van der Waals surface area contributed by atoms with E-state index >= 15 is 0 Å². The van der Waals surface area contributed by atoms with Crippen LogP contribution in [0.1, 0.15) is 5.56 Å². The van der Waals surface area contributed by atoms with Gasteiger partial charge in [-0.25, -0.2) is 0 Å². The number of fused-ring (bicyclic) bond motifs is 1. The summed E-state index contributed by atoms with van der Waals surface area (Å²) in [4.78, 5) is 0. The summed E-state index contributed by atoms with van der Waals surface area (Å²) in [7, 11) is 1.62. The summed E-state index contributed by atoms with van der Waals surface area (Å²) in [5, 5.41) is 17.2. The molecule has 6 heteroatoms. The number of methoxy groups -OCH3 is 1. The first-order valence-corrected chi connectivity index (χ1v) is 6.61. The highest BCUT2D eigenvalue weighted by Gasteiger charge is 2.10. The number of nitriles is 1. The molecule has 0 aliphatic carbocycles. The van der Waals surface area contributed by atoms with Crippen LogP contribution in [-0.4, -0.2) is 21.7 Å². The Balaban J connectivity index is 2.15. The maximum absolute atomic E-state index is 8.89. The summed E-state index contributed by atoms with van der Waals surface area (Å²) >= 11 is 3.45. The molecule has 3 rings (SSSR count). The van der Waals surface area contributed by atoms with Crippen LogP contribution < -0.4 is 4.74 Å². The average molecular weight is 329 g/mol. The van der Waals surface area contributed by atoms with Gasteiger partial charge < -0.3 is 4.74 Å². The Kier molecular flexibility index (Phi) is 3.12. The Bertz CT molecular complexity index is 835. The third-order valence-corrected chi connectivity index (χ3v) is 3.57. The number of hydrogen-bond donors (Lipinski definition) is 0. The number of pyridine rings is 1. The van der Waals surface area contributed by atoms with Gasteiger partial charge in [0.15, 0.2) is 11.5 Å². The fourth-order valence-electron chi connectivity index (χ4n) is 1.96. The van der Waals surface area contributed by atoms with Gasteiger partial charge in [0.05, 0.1) is 23.2 Å². The number of rotatable bonds is 2. The Labute approximate surface area is 123 Å². The van der Waals surface area contributed by atoms with Gasteiger partial charge in [0.2, 0.25) is 0 Å². The van der Waals surface area contributed by atoms with E-state index in [0.29, 0.717) is 17.0 Å². The third kappa shape index (κ3) is 2.02. The van der Waals surface area contributed by atoms with Crippen molar-refractivity contribution in [1.29, 1.82) is 5.26 Å². The number of hydrogen-bond acceptors (Lipinski definition) is 4. The summed E-state index contributed by atoms with van der Waals surface area (Å²) in [5.74, 6) is 1.47. The van der Waals surface area contributed by atoms with Crippen molar-refractivity contribution in [3.8, 4) is 23.2 Å². The SMILES string of the molecule is COc1ccc(-c2nnc3cc(C#N)ccn23)cc1Br. The molecular formula is C14H9BrN4O. The molecule has 0 radical (unpaired) electrons. The van der Waals surface area contributed by atoms with Crippen molar-refractivity contribution in [2.24, 2.45) is 0 Å². The van der Waals surface area contributed by atoms with E-state index in [0.717, 1.165) is 15.8 Å². The first kappa shape index (κ1) is 12.6. The van der Waals surface area contributed by atoms with Gasteiger partial charge in [0.1, 0.15) is 5.75 Å². The van der Waals surface area contributed by atoms with Gasteiger partial charge in [-0.15, -0.1) is 10.2 Å².